The maximum Gasteiger partial charge on any atom is 0.320 e. The molecule has 1 unspecified atom stereocenters. The number of aliphatic carboxylic acids is 1. The van der Waals surface area contributed by atoms with Crippen molar-refractivity contribution in [3.05, 3.63) is 0 Å². The third kappa shape index (κ3) is 4.61. The third-order valence-corrected chi connectivity index (χ3v) is 5.25. The summed E-state index contributed by atoms with van der Waals surface area (Å²) in [7, 11) is 0. The lowest BCUT2D eigenvalue weighted by Gasteiger charge is -2.37. The standard InChI is InChI=1S/C15H26N2O3S/c1-21-10-7-13(15(19)20)16-12-5-8-17(9-6-12)14(18)11-3-2-4-11/h11-13,16H,2-10H2,1H3,(H,19,20). The van der Waals surface area contributed by atoms with Crippen LogP contribution in [-0.2, 0) is 9.59 Å². The molecule has 0 spiro atoms. The third-order valence-electron chi connectivity index (χ3n) is 4.61. The van der Waals surface area contributed by atoms with Crippen LogP contribution >= 0.6 is 11.8 Å². The van der Waals surface area contributed by atoms with Gasteiger partial charge in [-0.3, -0.25) is 9.59 Å². The molecule has 1 atom stereocenters. The minimum Gasteiger partial charge on any atom is -0.480 e. The topological polar surface area (TPSA) is 69.6 Å². The molecule has 1 saturated heterocycles. The molecule has 2 N–H and O–H groups in total. The fourth-order valence-electron chi connectivity index (χ4n) is 2.98. The Morgan fingerprint density at radius 3 is 2.43 bits per heavy atom. The van der Waals surface area contributed by atoms with Gasteiger partial charge in [0.2, 0.25) is 5.91 Å². The SMILES string of the molecule is CSCCC(NC1CCN(C(=O)C2CCC2)CC1)C(=O)O. The second-order valence-corrected chi connectivity index (χ2v) is 7.05. The molecule has 120 valence electrons. The van der Waals surface area contributed by atoms with Gasteiger partial charge in [-0.2, -0.15) is 11.8 Å². The van der Waals surface area contributed by atoms with Crippen molar-refractivity contribution in [3.63, 3.8) is 0 Å². The molecule has 0 aromatic carbocycles. The predicted molar refractivity (Wildman–Crippen MR) is 84.5 cm³/mol. The summed E-state index contributed by atoms with van der Waals surface area (Å²) in [6.07, 6.45) is 7.65. The van der Waals surface area contributed by atoms with Crippen molar-refractivity contribution in [2.45, 2.75) is 50.6 Å². The first kappa shape index (κ1) is 16.6. The molecule has 5 nitrogen and oxygen atoms in total. The number of hydrogen-bond acceptors (Lipinski definition) is 4. The van der Waals surface area contributed by atoms with Crippen LogP contribution in [0.3, 0.4) is 0 Å². The Kier molecular flexibility index (Phi) is 6.36. The second kappa shape index (κ2) is 8.03. The Morgan fingerprint density at radius 2 is 1.95 bits per heavy atom. The average molecular weight is 314 g/mol. The van der Waals surface area contributed by atoms with Crippen LogP contribution in [0.2, 0.25) is 0 Å². The Labute approximate surface area is 130 Å². The van der Waals surface area contributed by atoms with Gasteiger partial charge < -0.3 is 15.3 Å². The predicted octanol–water partition coefficient (Wildman–Crippen LogP) is 1.57. The minimum atomic E-state index is -0.767. The van der Waals surface area contributed by atoms with Crippen molar-refractivity contribution in [1.29, 1.82) is 0 Å². The molecule has 2 rings (SSSR count). The van der Waals surface area contributed by atoms with E-state index in [2.05, 4.69) is 5.32 Å². The summed E-state index contributed by atoms with van der Waals surface area (Å²) < 4.78 is 0. The number of amides is 1. The number of thioether (sulfide) groups is 1. The van der Waals surface area contributed by atoms with E-state index in [1.54, 1.807) is 11.8 Å². The van der Waals surface area contributed by atoms with E-state index in [-0.39, 0.29) is 12.0 Å². The van der Waals surface area contributed by atoms with Crippen LogP contribution in [-0.4, -0.2) is 59.1 Å². The molecule has 1 amide bonds. The lowest BCUT2D eigenvalue weighted by molar-refractivity contribution is -0.141. The van der Waals surface area contributed by atoms with Gasteiger partial charge in [0.1, 0.15) is 6.04 Å². The molecule has 2 fully saturated rings. The van der Waals surface area contributed by atoms with Crippen molar-refractivity contribution in [1.82, 2.24) is 10.2 Å². The Hall–Kier alpha value is -0.750. The zero-order valence-corrected chi connectivity index (χ0v) is 13.5. The second-order valence-electron chi connectivity index (χ2n) is 6.07. The summed E-state index contributed by atoms with van der Waals surface area (Å²) in [5, 5.41) is 12.5. The molecule has 0 aromatic heterocycles. The summed E-state index contributed by atoms with van der Waals surface area (Å²) in [4.78, 5) is 25.4. The van der Waals surface area contributed by atoms with Gasteiger partial charge in [-0.25, -0.2) is 0 Å². The number of nitrogens with zero attached hydrogens (tertiary/aromatic N) is 1. The van der Waals surface area contributed by atoms with E-state index in [1.165, 1.54) is 6.42 Å². The van der Waals surface area contributed by atoms with Gasteiger partial charge in [-0.1, -0.05) is 6.42 Å². The highest BCUT2D eigenvalue weighted by atomic mass is 32.2. The maximum absolute atomic E-state index is 12.2. The van der Waals surface area contributed by atoms with Gasteiger partial charge in [0.05, 0.1) is 0 Å². The highest BCUT2D eigenvalue weighted by Gasteiger charge is 2.32. The lowest BCUT2D eigenvalue weighted by atomic mass is 9.84. The first-order valence-corrected chi connectivity index (χ1v) is 9.27. The molecule has 21 heavy (non-hydrogen) atoms. The fourth-order valence-corrected chi connectivity index (χ4v) is 3.45. The maximum atomic E-state index is 12.2. The molecule has 6 heteroatoms. The molecule has 0 radical (unpaired) electrons. The summed E-state index contributed by atoms with van der Waals surface area (Å²) in [5.41, 5.74) is 0. The lowest BCUT2D eigenvalue weighted by Crippen LogP contribution is -2.51. The zero-order chi connectivity index (χ0) is 15.2. The van der Waals surface area contributed by atoms with Crippen molar-refractivity contribution < 1.29 is 14.7 Å². The average Bonchev–Trinajstić information content (AvgIpc) is 2.41. The van der Waals surface area contributed by atoms with E-state index in [1.807, 2.05) is 11.2 Å². The largest absolute Gasteiger partial charge is 0.480 e. The van der Waals surface area contributed by atoms with E-state index in [9.17, 15) is 14.7 Å². The van der Waals surface area contributed by atoms with E-state index < -0.39 is 12.0 Å². The van der Waals surface area contributed by atoms with Gasteiger partial charge in [-0.15, -0.1) is 0 Å². The molecule has 1 aliphatic heterocycles. The van der Waals surface area contributed by atoms with Gasteiger partial charge in [0, 0.05) is 25.0 Å². The number of carbonyl (C=O) groups is 2. The number of carbonyl (C=O) groups excluding carboxylic acids is 1. The first-order chi connectivity index (χ1) is 10.1. The fraction of sp³-hybridized carbons (Fsp3) is 0.867. The number of hydrogen-bond donors (Lipinski definition) is 2. The van der Waals surface area contributed by atoms with Gasteiger partial charge in [0.25, 0.3) is 0 Å². The minimum absolute atomic E-state index is 0.221. The van der Waals surface area contributed by atoms with Crippen molar-refractivity contribution in [2.24, 2.45) is 5.92 Å². The first-order valence-electron chi connectivity index (χ1n) is 7.88. The smallest absolute Gasteiger partial charge is 0.320 e. The summed E-state index contributed by atoms with van der Waals surface area (Å²) in [5.74, 6) is 0.667. The number of nitrogens with one attached hydrogen (secondary N) is 1. The van der Waals surface area contributed by atoms with Crippen LogP contribution in [0.5, 0.6) is 0 Å². The van der Waals surface area contributed by atoms with E-state index >= 15 is 0 Å². The highest BCUT2D eigenvalue weighted by molar-refractivity contribution is 7.98. The number of piperidine rings is 1. The number of carboxylic acids is 1. The van der Waals surface area contributed by atoms with Crippen LogP contribution in [0.15, 0.2) is 0 Å². The molecular formula is C15H26N2O3S. The van der Waals surface area contributed by atoms with Crippen LogP contribution in [0, 0.1) is 5.92 Å². The van der Waals surface area contributed by atoms with Gasteiger partial charge >= 0.3 is 5.97 Å². The number of carboxylic acid groups (broad SMARTS) is 1. The van der Waals surface area contributed by atoms with E-state index in [0.29, 0.717) is 12.3 Å². The van der Waals surface area contributed by atoms with Crippen molar-refractivity contribution >= 4 is 23.6 Å². The van der Waals surface area contributed by atoms with Crippen LogP contribution in [0.25, 0.3) is 0 Å². The Morgan fingerprint density at radius 1 is 1.29 bits per heavy atom. The van der Waals surface area contributed by atoms with Gasteiger partial charge in [0.15, 0.2) is 0 Å². The molecule has 0 bridgehead atoms. The Balaban J connectivity index is 1.74. The summed E-state index contributed by atoms with van der Waals surface area (Å²) in [6, 6.07) is -0.241. The monoisotopic (exact) mass is 314 g/mol. The number of likely N-dealkylation sites (tertiary alicyclic amines) is 1. The normalized spacial score (nSPS) is 21.9. The molecule has 0 aromatic rings. The molecular weight excluding hydrogens is 288 g/mol. The zero-order valence-electron chi connectivity index (χ0n) is 12.7. The number of rotatable bonds is 7. The molecule has 1 heterocycles. The summed E-state index contributed by atoms with van der Waals surface area (Å²) >= 11 is 1.67. The summed E-state index contributed by atoms with van der Waals surface area (Å²) in [6.45, 7) is 1.53. The van der Waals surface area contributed by atoms with E-state index in [4.69, 9.17) is 0 Å². The van der Waals surface area contributed by atoms with Crippen LogP contribution in [0.1, 0.15) is 38.5 Å². The van der Waals surface area contributed by atoms with E-state index in [0.717, 1.165) is 44.5 Å². The van der Waals surface area contributed by atoms with Crippen LogP contribution < -0.4 is 5.32 Å². The Bertz CT molecular complexity index is 366. The van der Waals surface area contributed by atoms with Crippen molar-refractivity contribution in [2.75, 3.05) is 25.1 Å². The molecule has 2 aliphatic rings. The quantitative estimate of drug-likeness (QED) is 0.746. The van der Waals surface area contributed by atoms with Crippen LogP contribution in [0.4, 0.5) is 0 Å². The highest BCUT2D eigenvalue weighted by Crippen LogP contribution is 2.29. The van der Waals surface area contributed by atoms with Gasteiger partial charge in [-0.05, 0) is 44.1 Å². The van der Waals surface area contributed by atoms with Crippen molar-refractivity contribution in [3.8, 4) is 0 Å². The molecule has 1 saturated carbocycles. The molecule has 1 aliphatic carbocycles.